The number of hydrogen-bond donors (Lipinski definition) is 1. The zero-order valence-electron chi connectivity index (χ0n) is 10.1. The van der Waals surface area contributed by atoms with E-state index in [1.54, 1.807) is 0 Å². The summed E-state index contributed by atoms with van der Waals surface area (Å²) in [6.45, 7) is 7.42. The predicted molar refractivity (Wildman–Crippen MR) is 61.2 cm³/mol. The first-order valence-electron chi connectivity index (χ1n) is 6.25. The highest BCUT2D eigenvalue weighted by atomic mass is 16.2. The van der Waals surface area contributed by atoms with E-state index in [1.807, 2.05) is 0 Å². The van der Waals surface area contributed by atoms with Crippen LogP contribution in [-0.4, -0.2) is 11.7 Å². The van der Waals surface area contributed by atoms with Crippen molar-refractivity contribution in [2.45, 2.75) is 59.3 Å². The lowest BCUT2D eigenvalue weighted by molar-refractivity contribution is 0.277. The van der Waals surface area contributed by atoms with Crippen LogP contribution in [0.3, 0.4) is 0 Å². The van der Waals surface area contributed by atoms with Crippen LogP contribution in [0, 0.1) is 17.3 Å². The minimum Gasteiger partial charge on any atom is -0.396 e. The zero-order valence-corrected chi connectivity index (χ0v) is 10.1. The van der Waals surface area contributed by atoms with Crippen molar-refractivity contribution in [3.05, 3.63) is 0 Å². The second kappa shape index (κ2) is 5.16. The van der Waals surface area contributed by atoms with Gasteiger partial charge in [-0.2, -0.15) is 0 Å². The molecule has 1 N–H and O–H groups in total. The van der Waals surface area contributed by atoms with Crippen molar-refractivity contribution in [3.8, 4) is 0 Å². The van der Waals surface area contributed by atoms with E-state index in [0.717, 1.165) is 18.3 Å². The van der Waals surface area contributed by atoms with Crippen LogP contribution >= 0.6 is 0 Å². The third-order valence-electron chi connectivity index (χ3n) is 4.08. The van der Waals surface area contributed by atoms with Gasteiger partial charge in [0.2, 0.25) is 0 Å². The van der Waals surface area contributed by atoms with Crippen molar-refractivity contribution in [1.29, 1.82) is 0 Å². The molecular weight excluding hydrogens is 172 g/mol. The summed E-state index contributed by atoms with van der Waals surface area (Å²) < 4.78 is 0. The Morgan fingerprint density at radius 2 is 1.57 bits per heavy atom. The quantitative estimate of drug-likeness (QED) is 0.620. The van der Waals surface area contributed by atoms with Crippen molar-refractivity contribution in [2.75, 3.05) is 6.61 Å². The van der Waals surface area contributed by atoms with E-state index in [-0.39, 0.29) is 0 Å². The van der Waals surface area contributed by atoms with E-state index in [4.69, 9.17) is 5.11 Å². The molecule has 0 aromatic carbocycles. The molecule has 1 heteroatoms. The summed E-state index contributed by atoms with van der Waals surface area (Å²) in [6, 6.07) is 0. The van der Waals surface area contributed by atoms with Gasteiger partial charge >= 0.3 is 0 Å². The number of aliphatic hydroxyl groups is 1. The molecule has 14 heavy (non-hydrogen) atoms. The third kappa shape index (κ3) is 2.73. The molecule has 1 fully saturated rings. The summed E-state index contributed by atoms with van der Waals surface area (Å²) in [6.07, 6.45) is 7.77. The minimum atomic E-state index is 0.369. The molecule has 0 saturated heterocycles. The van der Waals surface area contributed by atoms with Crippen molar-refractivity contribution in [3.63, 3.8) is 0 Å². The predicted octanol–water partition coefficient (Wildman–Crippen LogP) is 3.61. The topological polar surface area (TPSA) is 20.2 Å². The minimum absolute atomic E-state index is 0.369. The van der Waals surface area contributed by atoms with Crippen LogP contribution in [0.2, 0.25) is 0 Å². The SMILES string of the molecule is CCCCCC1C(CCCO)C1(C)C. The average Bonchev–Trinajstić information content (AvgIpc) is 2.65. The molecule has 1 aliphatic carbocycles. The Kier molecular flexibility index (Phi) is 4.43. The van der Waals surface area contributed by atoms with Crippen LogP contribution in [-0.2, 0) is 0 Å². The molecule has 84 valence electrons. The van der Waals surface area contributed by atoms with Gasteiger partial charge in [0.15, 0.2) is 0 Å². The lowest BCUT2D eigenvalue weighted by Gasteiger charge is -2.01. The standard InChI is InChI=1S/C13H26O/c1-4-5-6-8-11-12(9-7-10-14)13(11,2)3/h11-12,14H,4-10H2,1-3H3. The second-order valence-corrected chi connectivity index (χ2v) is 5.40. The molecule has 1 aliphatic rings. The summed E-state index contributed by atoms with van der Waals surface area (Å²) in [5, 5.41) is 8.81. The maximum absolute atomic E-state index is 8.81. The average molecular weight is 198 g/mol. The van der Waals surface area contributed by atoms with Crippen LogP contribution < -0.4 is 0 Å². The lowest BCUT2D eigenvalue weighted by atomic mass is 10.0. The van der Waals surface area contributed by atoms with Gasteiger partial charge in [-0.25, -0.2) is 0 Å². The van der Waals surface area contributed by atoms with Gasteiger partial charge in [0.1, 0.15) is 0 Å². The summed E-state index contributed by atoms with van der Waals surface area (Å²) in [5.41, 5.74) is 0.572. The van der Waals surface area contributed by atoms with Gasteiger partial charge in [0.25, 0.3) is 0 Å². The van der Waals surface area contributed by atoms with Gasteiger partial charge < -0.3 is 5.11 Å². The van der Waals surface area contributed by atoms with E-state index in [1.165, 1.54) is 32.1 Å². The molecule has 1 rings (SSSR count). The van der Waals surface area contributed by atoms with Gasteiger partial charge in [-0.15, -0.1) is 0 Å². The van der Waals surface area contributed by atoms with Crippen LogP contribution in [0.5, 0.6) is 0 Å². The molecule has 0 spiro atoms. The number of unbranched alkanes of at least 4 members (excludes halogenated alkanes) is 2. The van der Waals surface area contributed by atoms with E-state index >= 15 is 0 Å². The molecule has 1 nitrogen and oxygen atoms in total. The fourth-order valence-electron chi connectivity index (χ4n) is 2.93. The largest absolute Gasteiger partial charge is 0.396 e. The smallest absolute Gasteiger partial charge is 0.0431 e. The van der Waals surface area contributed by atoms with Gasteiger partial charge in [0.05, 0.1) is 0 Å². The van der Waals surface area contributed by atoms with Crippen molar-refractivity contribution >= 4 is 0 Å². The van der Waals surface area contributed by atoms with Crippen molar-refractivity contribution in [1.82, 2.24) is 0 Å². The Hall–Kier alpha value is -0.0400. The number of rotatable bonds is 7. The van der Waals surface area contributed by atoms with Gasteiger partial charge in [-0.05, 0) is 36.5 Å². The first-order valence-corrected chi connectivity index (χ1v) is 6.25. The molecule has 0 bridgehead atoms. The first-order chi connectivity index (χ1) is 6.64. The van der Waals surface area contributed by atoms with Gasteiger partial charge in [0, 0.05) is 6.61 Å². The van der Waals surface area contributed by atoms with E-state index < -0.39 is 0 Å². The summed E-state index contributed by atoms with van der Waals surface area (Å²) in [7, 11) is 0. The molecule has 2 unspecified atom stereocenters. The van der Waals surface area contributed by atoms with Gasteiger partial charge in [-0.3, -0.25) is 0 Å². The Bertz CT molecular complexity index is 163. The molecule has 0 radical (unpaired) electrons. The molecule has 0 heterocycles. The maximum atomic E-state index is 8.81. The summed E-state index contributed by atoms with van der Waals surface area (Å²) >= 11 is 0. The molecule has 0 aromatic heterocycles. The van der Waals surface area contributed by atoms with E-state index in [2.05, 4.69) is 20.8 Å². The monoisotopic (exact) mass is 198 g/mol. The van der Waals surface area contributed by atoms with Gasteiger partial charge in [-0.1, -0.05) is 40.0 Å². The molecule has 0 aromatic rings. The highest BCUT2D eigenvalue weighted by Gasteiger charge is 2.55. The van der Waals surface area contributed by atoms with E-state index in [9.17, 15) is 0 Å². The van der Waals surface area contributed by atoms with Crippen LogP contribution in [0.15, 0.2) is 0 Å². The summed E-state index contributed by atoms with van der Waals surface area (Å²) in [4.78, 5) is 0. The molecular formula is C13H26O. The Morgan fingerprint density at radius 1 is 1.00 bits per heavy atom. The van der Waals surface area contributed by atoms with Crippen molar-refractivity contribution < 1.29 is 5.11 Å². The van der Waals surface area contributed by atoms with Crippen LogP contribution in [0.4, 0.5) is 0 Å². The molecule has 0 amide bonds. The zero-order chi connectivity index (χ0) is 10.6. The highest BCUT2D eigenvalue weighted by molar-refractivity contribution is 5.04. The highest BCUT2D eigenvalue weighted by Crippen LogP contribution is 2.62. The third-order valence-corrected chi connectivity index (χ3v) is 4.08. The molecule has 0 aliphatic heterocycles. The van der Waals surface area contributed by atoms with E-state index in [0.29, 0.717) is 12.0 Å². The second-order valence-electron chi connectivity index (χ2n) is 5.40. The Labute approximate surface area is 88.9 Å². The van der Waals surface area contributed by atoms with Crippen LogP contribution in [0.25, 0.3) is 0 Å². The Morgan fingerprint density at radius 3 is 2.07 bits per heavy atom. The maximum Gasteiger partial charge on any atom is 0.0431 e. The lowest BCUT2D eigenvalue weighted by Crippen LogP contribution is -1.92. The fraction of sp³-hybridized carbons (Fsp3) is 1.00. The van der Waals surface area contributed by atoms with Crippen LogP contribution in [0.1, 0.15) is 59.3 Å². The number of aliphatic hydroxyl groups excluding tert-OH is 1. The van der Waals surface area contributed by atoms with Crippen molar-refractivity contribution in [2.24, 2.45) is 17.3 Å². The Balaban J connectivity index is 2.19. The molecule has 2 atom stereocenters. The number of hydrogen-bond acceptors (Lipinski definition) is 1. The normalized spacial score (nSPS) is 29.1. The fourth-order valence-corrected chi connectivity index (χ4v) is 2.93. The summed E-state index contributed by atoms with van der Waals surface area (Å²) in [5.74, 6) is 1.84. The first kappa shape index (κ1) is 12.0. The molecule has 1 saturated carbocycles.